The summed E-state index contributed by atoms with van der Waals surface area (Å²) in [5.74, 6) is 2.98. The summed E-state index contributed by atoms with van der Waals surface area (Å²) in [5, 5.41) is 7.41. The summed E-state index contributed by atoms with van der Waals surface area (Å²) in [5.41, 5.74) is -0.123. The molecule has 2 rings (SSSR count). The van der Waals surface area contributed by atoms with Crippen LogP contribution in [0.15, 0.2) is 9.52 Å². The minimum atomic E-state index is -0.123. The standard InChI is InChI=1S/C16H29N5O.HI/c1-6-17-15(21-9-7-8-12(2)11-21)18-10-13-19-14(22-20-13)16(3,4)5;/h12H,6-11H2,1-5H3,(H,17,18);1H. The van der Waals surface area contributed by atoms with Crippen molar-refractivity contribution in [3.8, 4) is 0 Å². The van der Waals surface area contributed by atoms with E-state index >= 15 is 0 Å². The molecule has 0 bridgehead atoms. The number of likely N-dealkylation sites (tertiary alicyclic amines) is 1. The van der Waals surface area contributed by atoms with Gasteiger partial charge in [0.25, 0.3) is 0 Å². The second kappa shape index (κ2) is 8.84. The van der Waals surface area contributed by atoms with E-state index in [9.17, 15) is 0 Å². The summed E-state index contributed by atoms with van der Waals surface area (Å²) >= 11 is 0. The Balaban J connectivity index is 0.00000264. The molecular formula is C16H30IN5O. The van der Waals surface area contributed by atoms with Crippen molar-refractivity contribution >= 4 is 29.9 Å². The van der Waals surface area contributed by atoms with E-state index in [1.807, 2.05) is 0 Å². The Morgan fingerprint density at radius 3 is 2.74 bits per heavy atom. The maximum atomic E-state index is 5.32. The normalized spacial score (nSPS) is 19.4. The third kappa shape index (κ3) is 5.93. The highest BCUT2D eigenvalue weighted by Crippen LogP contribution is 2.20. The lowest BCUT2D eigenvalue weighted by atomic mass is 9.97. The zero-order chi connectivity index (χ0) is 16.2. The van der Waals surface area contributed by atoms with Crippen LogP contribution in [0, 0.1) is 5.92 Å². The largest absolute Gasteiger partial charge is 0.357 e. The molecule has 1 aliphatic heterocycles. The fourth-order valence-electron chi connectivity index (χ4n) is 2.58. The second-order valence-electron chi connectivity index (χ2n) is 7.13. The molecule has 0 spiro atoms. The molecule has 0 radical (unpaired) electrons. The fraction of sp³-hybridized carbons (Fsp3) is 0.812. The smallest absolute Gasteiger partial charge is 0.232 e. The molecule has 1 aromatic heterocycles. The van der Waals surface area contributed by atoms with Gasteiger partial charge < -0.3 is 14.7 Å². The second-order valence-corrected chi connectivity index (χ2v) is 7.13. The molecule has 0 saturated carbocycles. The number of hydrogen-bond donors (Lipinski definition) is 1. The van der Waals surface area contributed by atoms with E-state index in [2.05, 4.69) is 60.0 Å². The number of nitrogens with zero attached hydrogens (tertiary/aromatic N) is 4. The average Bonchev–Trinajstić information content (AvgIpc) is 2.92. The predicted octanol–water partition coefficient (Wildman–Crippen LogP) is 3.18. The van der Waals surface area contributed by atoms with Crippen LogP contribution in [0.4, 0.5) is 0 Å². The van der Waals surface area contributed by atoms with Gasteiger partial charge in [-0.3, -0.25) is 0 Å². The van der Waals surface area contributed by atoms with Gasteiger partial charge in [-0.2, -0.15) is 4.98 Å². The number of hydrogen-bond acceptors (Lipinski definition) is 4. The number of guanidine groups is 1. The Kier molecular flexibility index (Phi) is 7.76. The van der Waals surface area contributed by atoms with E-state index in [4.69, 9.17) is 4.52 Å². The molecule has 1 N–H and O–H groups in total. The molecule has 1 fully saturated rings. The zero-order valence-electron chi connectivity index (χ0n) is 14.9. The van der Waals surface area contributed by atoms with Crippen LogP contribution < -0.4 is 5.32 Å². The van der Waals surface area contributed by atoms with Gasteiger partial charge in [0.05, 0.1) is 0 Å². The lowest BCUT2D eigenvalue weighted by molar-refractivity contribution is 0.266. The summed E-state index contributed by atoms with van der Waals surface area (Å²) < 4.78 is 5.32. The van der Waals surface area contributed by atoms with Gasteiger partial charge in [-0.15, -0.1) is 24.0 Å². The molecular weight excluding hydrogens is 405 g/mol. The van der Waals surface area contributed by atoms with Crippen molar-refractivity contribution in [2.24, 2.45) is 10.9 Å². The van der Waals surface area contributed by atoms with Gasteiger partial charge in [-0.05, 0) is 25.7 Å². The number of piperidine rings is 1. The Morgan fingerprint density at radius 1 is 1.43 bits per heavy atom. The molecule has 1 saturated heterocycles. The molecule has 0 amide bonds. The van der Waals surface area contributed by atoms with Gasteiger partial charge >= 0.3 is 0 Å². The van der Waals surface area contributed by atoms with Crippen LogP contribution >= 0.6 is 24.0 Å². The summed E-state index contributed by atoms with van der Waals surface area (Å²) in [6, 6.07) is 0. The van der Waals surface area contributed by atoms with Crippen molar-refractivity contribution < 1.29 is 4.52 Å². The molecule has 23 heavy (non-hydrogen) atoms. The molecule has 1 aromatic rings. The van der Waals surface area contributed by atoms with E-state index in [1.54, 1.807) is 0 Å². The van der Waals surface area contributed by atoms with Crippen LogP contribution in [0.1, 0.15) is 59.2 Å². The quantitative estimate of drug-likeness (QED) is 0.449. The fourth-order valence-corrected chi connectivity index (χ4v) is 2.58. The maximum Gasteiger partial charge on any atom is 0.232 e. The monoisotopic (exact) mass is 435 g/mol. The Hall–Kier alpha value is -0.860. The van der Waals surface area contributed by atoms with Crippen molar-refractivity contribution in [1.82, 2.24) is 20.4 Å². The molecule has 1 unspecified atom stereocenters. The molecule has 132 valence electrons. The first-order chi connectivity index (χ1) is 10.4. The molecule has 1 aliphatic rings. The predicted molar refractivity (Wildman–Crippen MR) is 103 cm³/mol. The Labute approximate surface area is 156 Å². The van der Waals surface area contributed by atoms with Crippen molar-refractivity contribution in [3.05, 3.63) is 11.7 Å². The molecule has 2 heterocycles. The Bertz CT molecular complexity index is 509. The zero-order valence-corrected chi connectivity index (χ0v) is 17.3. The molecule has 7 heteroatoms. The van der Waals surface area contributed by atoms with Crippen LogP contribution in [0.2, 0.25) is 0 Å². The highest BCUT2D eigenvalue weighted by Gasteiger charge is 2.22. The van der Waals surface area contributed by atoms with E-state index in [-0.39, 0.29) is 29.4 Å². The van der Waals surface area contributed by atoms with E-state index in [0.29, 0.717) is 18.3 Å². The van der Waals surface area contributed by atoms with Crippen LogP contribution in [0.3, 0.4) is 0 Å². The third-order valence-electron chi connectivity index (χ3n) is 3.77. The highest BCUT2D eigenvalue weighted by atomic mass is 127. The molecule has 1 atom stereocenters. The van der Waals surface area contributed by atoms with Gasteiger partial charge in [-0.1, -0.05) is 32.9 Å². The SMILES string of the molecule is CCNC(=NCc1noc(C(C)(C)C)n1)N1CCCC(C)C1.I. The molecule has 6 nitrogen and oxygen atoms in total. The minimum Gasteiger partial charge on any atom is -0.357 e. The van der Waals surface area contributed by atoms with E-state index < -0.39 is 0 Å². The Morgan fingerprint density at radius 2 is 2.17 bits per heavy atom. The first-order valence-electron chi connectivity index (χ1n) is 8.26. The van der Waals surface area contributed by atoms with Crippen LogP contribution in [0.5, 0.6) is 0 Å². The maximum absolute atomic E-state index is 5.32. The van der Waals surface area contributed by atoms with Crippen molar-refractivity contribution in [3.63, 3.8) is 0 Å². The first kappa shape index (κ1) is 20.2. The van der Waals surface area contributed by atoms with Crippen molar-refractivity contribution in [2.75, 3.05) is 19.6 Å². The summed E-state index contributed by atoms with van der Waals surface area (Å²) in [4.78, 5) is 11.5. The first-order valence-corrected chi connectivity index (χ1v) is 8.26. The average molecular weight is 435 g/mol. The van der Waals surface area contributed by atoms with Crippen molar-refractivity contribution in [2.45, 2.75) is 59.4 Å². The topological polar surface area (TPSA) is 66.5 Å². The van der Waals surface area contributed by atoms with Gasteiger partial charge in [0, 0.05) is 25.0 Å². The van der Waals surface area contributed by atoms with Crippen molar-refractivity contribution in [1.29, 1.82) is 0 Å². The van der Waals surface area contributed by atoms with E-state index in [1.165, 1.54) is 12.8 Å². The number of halogens is 1. The summed E-state index contributed by atoms with van der Waals surface area (Å²) in [7, 11) is 0. The molecule has 0 aliphatic carbocycles. The van der Waals surface area contributed by atoms with Crippen LogP contribution in [-0.4, -0.2) is 40.6 Å². The van der Waals surface area contributed by atoms with Gasteiger partial charge in [0.2, 0.25) is 5.89 Å². The highest BCUT2D eigenvalue weighted by molar-refractivity contribution is 14.0. The number of rotatable bonds is 3. The number of nitrogens with one attached hydrogen (secondary N) is 1. The summed E-state index contributed by atoms with van der Waals surface area (Å²) in [6.07, 6.45) is 2.53. The van der Waals surface area contributed by atoms with Crippen LogP contribution in [0.25, 0.3) is 0 Å². The number of aliphatic imine (C=N–C) groups is 1. The lowest BCUT2D eigenvalue weighted by Gasteiger charge is -2.33. The van der Waals surface area contributed by atoms with Gasteiger partial charge in [0.15, 0.2) is 11.8 Å². The summed E-state index contributed by atoms with van der Waals surface area (Å²) in [6.45, 7) is 14.0. The van der Waals surface area contributed by atoms with E-state index in [0.717, 1.165) is 31.5 Å². The number of aromatic nitrogens is 2. The minimum absolute atomic E-state index is 0. The van der Waals surface area contributed by atoms with Gasteiger partial charge in [-0.25, -0.2) is 4.99 Å². The van der Waals surface area contributed by atoms with Gasteiger partial charge in [0.1, 0.15) is 6.54 Å². The molecule has 0 aromatic carbocycles. The lowest BCUT2D eigenvalue weighted by Crippen LogP contribution is -2.46. The third-order valence-corrected chi connectivity index (χ3v) is 3.77. The van der Waals surface area contributed by atoms with Crippen LogP contribution in [-0.2, 0) is 12.0 Å².